The molecule has 9 heteroatoms. The van der Waals surface area contributed by atoms with E-state index in [9.17, 15) is 19.2 Å². The molecule has 0 aliphatic heterocycles. The highest BCUT2D eigenvalue weighted by Crippen LogP contribution is 2.05. The van der Waals surface area contributed by atoms with Crippen LogP contribution in [0.25, 0.3) is 0 Å². The maximum Gasteiger partial charge on any atom is 0.407 e. The summed E-state index contributed by atoms with van der Waals surface area (Å²) in [6.07, 6.45) is -0.306. The van der Waals surface area contributed by atoms with Crippen LogP contribution in [0.2, 0.25) is 0 Å². The topological polar surface area (TPSA) is 123 Å². The third kappa shape index (κ3) is 11.4. The van der Waals surface area contributed by atoms with E-state index in [1.54, 1.807) is 0 Å². The van der Waals surface area contributed by atoms with E-state index >= 15 is 0 Å². The molecule has 0 fully saturated rings. The van der Waals surface area contributed by atoms with Crippen molar-refractivity contribution in [2.45, 2.75) is 39.8 Å². The highest BCUT2D eigenvalue weighted by molar-refractivity contribution is 5.89. The lowest BCUT2D eigenvalue weighted by atomic mass is 10.0. The number of carbonyl (C=O) groups is 4. The van der Waals surface area contributed by atoms with E-state index in [-0.39, 0.29) is 38.1 Å². The van der Waals surface area contributed by atoms with Gasteiger partial charge in [-0.3, -0.25) is 14.4 Å². The van der Waals surface area contributed by atoms with Gasteiger partial charge in [0.15, 0.2) is 0 Å². The summed E-state index contributed by atoms with van der Waals surface area (Å²) in [5, 5.41) is 7.56. The summed E-state index contributed by atoms with van der Waals surface area (Å²) >= 11 is 0. The van der Waals surface area contributed by atoms with Gasteiger partial charge in [-0.2, -0.15) is 0 Å². The summed E-state index contributed by atoms with van der Waals surface area (Å²) in [5.41, 5.74) is 0.828. The van der Waals surface area contributed by atoms with Gasteiger partial charge in [0.25, 0.3) is 0 Å². The first-order chi connectivity index (χ1) is 13.8. The fourth-order valence-corrected chi connectivity index (χ4v) is 2.37. The van der Waals surface area contributed by atoms with Crippen molar-refractivity contribution < 1.29 is 28.7 Å². The Hall–Kier alpha value is -3.10. The zero-order valence-electron chi connectivity index (χ0n) is 17.0. The molecule has 0 aliphatic rings. The fourth-order valence-electron chi connectivity index (χ4n) is 2.37. The van der Waals surface area contributed by atoms with Gasteiger partial charge in [0.2, 0.25) is 11.8 Å². The summed E-state index contributed by atoms with van der Waals surface area (Å²) in [4.78, 5) is 46.8. The monoisotopic (exact) mass is 407 g/mol. The predicted molar refractivity (Wildman–Crippen MR) is 106 cm³/mol. The lowest BCUT2D eigenvalue weighted by Gasteiger charge is -2.20. The third-order valence-electron chi connectivity index (χ3n) is 3.67. The van der Waals surface area contributed by atoms with Gasteiger partial charge in [-0.25, -0.2) is 4.79 Å². The number of nitrogens with one attached hydrogen (secondary N) is 3. The van der Waals surface area contributed by atoms with Gasteiger partial charge < -0.3 is 25.4 Å². The van der Waals surface area contributed by atoms with Gasteiger partial charge >= 0.3 is 12.1 Å². The van der Waals surface area contributed by atoms with E-state index in [0.29, 0.717) is 6.42 Å². The molecule has 0 saturated heterocycles. The highest BCUT2D eigenvalue weighted by atomic mass is 16.5. The molecule has 1 rings (SSSR count). The third-order valence-corrected chi connectivity index (χ3v) is 3.67. The first-order valence-electron chi connectivity index (χ1n) is 9.43. The minimum Gasteiger partial charge on any atom is -0.464 e. The number of hydrogen-bond donors (Lipinski definition) is 3. The largest absolute Gasteiger partial charge is 0.464 e. The number of rotatable bonds is 11. The second kappa shape index (κ2) is 13.1. The summed E-state index contributed by atoms with van der Waals surface area (Å²) in [6, 6.07) is 8.38. The van der Waals surface area contributed by atoms with E-state index < -0.39 is 24.0 Å². The van der Waals surface area contributed by atoms with Crippen molar-refractivity contribution in [3.63, 3.8) is 0 Å². The van der Waals surface area contributed by atoms with Crippen LogP contribution < -0.4 is 16.0 Å². The van der Waals surface area contributed by atoms with Crippen molar-refractivity contribution in [1.29, 1.82) is 0 Å². The van der Waals surface area contributed by atoms with Gasteiger partial charge in [-0.05, 0) is 17.9 Å². The molecule has 160 valence electrons. The number of benzene rings is 1. The minimum atomic E-state index is -0.762. The second-order valence-electron chi connectivity index (χ2n) is 6.80. The van der Waals surface area contributed by atoms with Gasteiger partial charge in [0.1, 0.15) is 25.8 Å². The lowest BCUT2D eigenvalue weighted by Crippen LogP contribution is -2.50. The molecule has 0 unspecified atom stereocenters. The van der Waals surface area contributed by atoms with Crippen LogP contribution in [0, 0.1) is 5.92 Å². The number of alkyl carbamates (subject to hydrolysis) is 1. The molecule has 0 bridgehead atoms. The molecule has 0 aromatic heterocycles. The molecule has 1 aromatic rings. The van der Waals surface area contributed by atoms with Crippen molar-refractivity contribution >= 4 is 23.9 Å². The second-order valence-corrected chi connectivity index (χ2v) is 6.80. The molecule has 3 N–H and O–H groups in total. The van der Waals surface area contributed by atoms with Crippen LogP contribution in [-0.2, 0) is 30.5 Å². The molecular formula is C20H29N3O6. The quantitative estimate of drug-likeness (QED) is 0.373. The minimum absolute atomic E-state index is 0.0538. The lowest BCUT2D eigenvalue weighted by molar-refractivity contribution is -0.141. The molecule has 0 heterocycles. The van der Waals surface area contributed by atoms with Crippen LogP contribution in [0.4, 0.5) is 4.79 Å². The first-order valence-corrected chi connectivity index (χ1v) is 9.43. The van der Waals surface area contributed by atoms with Crippen LogP contribution in [0.15, 0.2) is 30.3 Å². The smallest absolute Gasteiger partial charge is 0.407 e. The van der Waals surface area contributed by atoms with E-state index in [2.05, 4.69) is 16.0 Å². The molecule has 3 amide bonds. The van der Waals surface area contributed by atoms with Crippen LogP contribution >= 0.6 is 0 Å². The van der Waals surface area contributed by atoms with Gasteiger partial charge in [-0.1, -0.05) is 44.2 Å². The average molecular weight is 407 g/mol. The van der Waals surface area contributed by atoms with E-state index in [1.165, 1.54) is 6.92 Å². The van der Waals surface area contributed by atoms with Crippen molar-refractivity contribution in [1.82, 2.24) is 16.0 Å². The van der Waals surface area contributed by atoms with E-state index in [4.69, 9.17) is 9.47 Å². The molecule has 0 radical (unpaired) electrons. The predicted octanol–water partition coefficient (Wildman–Crippen LogP) is 1.12. The number of esters is 1. The summed E-state index contributed by atoms with van der Waals surface area (Å²) in [6.45, 7) is 5.10. The molecule has 0 spiro atoms. The SMILES string of the molecule is CC(=O)OCCNC(=O)[C@H](CC(C)C)NC(=O)CNC(=O)OCc1ccccc1. The summed E-state index contributed by atoms with van der Waals surface area (Å²) in [5.74, 6) is -1.17. The maximum atomic E-state index is 12.3. The molecule has 0 saturated carbocycles. The van der Waals surface area contributed by atoms with E-state index in [1.807, 2.05) is 44.2 Å². The molecule has 1 atom stereocenters. The van der Waals surface area contributed by atoms with Gasteiger partial charge in [0, 0.05) is 6.92 Å². The Bertz CT molecular complexity index is 678. The highest BCUT2D eigenvalue weighted by Gasteiger charge is 2.22. The molecule has 0 aliphatic carbocycles. The Morgan fingerprint density at radius 2 is 1.69 bits per heavy atom. The van der Waals surface area contributed by atoms with Crippen molar-refractivity contribution in [2.24, 2.45) is 5.92 Å². The van der Waals surface area contributed by atoms with Crippen LogP contribution in [0.3, 0.4) is 0 Å². The van der Waals surface area contributed by atoms with Crippen molar-refractivity contribution in [3.8, 4) is 0 Å². The summed E-state index contributed by atoms with van der Waals surface area (Å²) in [7, 11) is 0. The zero-order chi connectivity index (χ0) is 21.6. The molecule has 29 heavy (non-hydrogen) atoms. The number of carbonyl (C=O) groups excluding carboxylic acids is 4. The van der Waals surface area contributed by atoms with Crippen molar-refractivity contribution in [2.75, 3.05) is 19.7 Å². The number of amides is 3. The summed E-state index contributed by atoms with van der Waals surface area (Å²) < 4.78 is 9.78. The zero-order valence-corrected chi connectivity index (χ0v) is 17.0. The van der Waals surface area contributed by atoms with Gasteiger partial charge in [-0.15, -0.1) is 0 Å². The van der Waals surface area contributed by atoms with Crippen LogP contribution in [0.5, 0.6) is 0 Å². The average Bonchev–Trinajstić information content (AvgIpc) is 2.67. The fraction of sp³-hybridized carbons (Fsp3) is 0.500. The Morgan fingerprint density at radius 1 is 1.00 bits per heavy atom. The number of ether oxygens (including phenoxy) is 2. The normalized spacial score (nSPS) is 11.3. The van der Waals surface area contributed by atoms with Gasteiger partial charge in [0.05, 0.1) is 6.54 Å². The molecule has 1 aromatic carbocycles. The maximum absolute atomic E-state index is 12.3. The number of hydrogen-bond acceptors (Lipinski definition) is 6. The Labute approximate surface area is 170 Å². The van der Waals surface area contributed by atoms with Crippen LogP contribution in [-0.4, -0.2) is 49.6 Å². The van der Waals surface area contributed by atoms with E-state index in [0.717, 1.165) is 5.56 Å². The Balaban J connectivity index is 2.39. The molecule has 9 nitrogen and oxygen atoms in total. The molecular weight excluding hydrogens is 378 g/mol. The first kappa shape index (κ1) is 23.9. The standard InChI is InChI=1S/C20H29N3O6/c1-14(2)11-17(19(26)21-9-10-28-15(3)24)23-18(25)12-22-20(27)29-13-16-7-5-4-6-8-16/h4-8,14,17H,9-13H2,1-3H3,(H,21,26)(H,22,27)(H,23,25)/t17-/m0/s1. The Kier molecular flexibility index (Phi) is 10.8. The Morgan fingerprint density at radius 3 is 2.31 bits per heavy atom. The van der Waals surface area contributed by atoms with Crippen molar-refractivity contribution in [3.05, 3.63) is 35.9 Å². The van der Waals surface area contributed by atoms with Crippen LogP contribution in [0.1, 0.15) is 32.8 Å².